The number of phenolic OH excluding ortho intramolecular Hbond substituents is 1. The van der Waals surface area contributed by atoms with E-state index in [1.165, 1.54) is 7.11 Å². The van der Waals surface area contributed by atoms with Gasteiger partial charge in [-0.15, -0.1) is 0 Å². The number of phenols is 1. The minimum Gasteiger partial charge on any atom is -0.504 e. The van der Waals surface area contributed by atoms with Gasteiger partial charge in [0.1, 0.15) is 0 Å². The molecular weight excluding hydrogens is 250 g/mol. The summed E-state index contributed by atoms with van der Waals surface area (Å²) in [6.07, 6.45) is 2.56. The molecule has 1 rings (SSSR count). The van der Waals surface area contributed by atoms with E-state index in [2.05, 4.69) is 5.32 Å². The van der Waals surface area contributed by atoms with Crippen LogP contribution in [0, 0.1) is 0 Å². The van der Waals surface area contributed by atoms with Gasteiger partial charge >= 0.3 is 0 Å². The Morgan fingerprint density at radius 2 is 2.22 bits per heavy atom. The molecule has 0 amide bonds. The van der Waals surface area contributed by atoms with Crippen molar-refractivity contribution in [2.24, 2.45) is 0 Å². The molecule has 0 fully saturated rings. The molecule has 1 aromatic carbocycles. The van der Waals surface area contributed by atoms with Crippen LogP contribution in [-0.4, -0.2) is 34.5 Å². The van der Waals surface area contributed by atoms with Gasteiger partial charge in [0.05, 0.1) is 7.11 Å². The van der Waals surface area contributed by atoms with Gasteiger partial charge in [-0.1, -0.05) is 12.1 Å². The van der Waals surface area contributed by atoms with Gasteiger partial charge in [-0.25, -0.2) is 0 Å². The summed E-state index contributed by atoms with van der Waals surface area (Å²) < 4.78 is 16.0. The fourth-order valence-corrected chi connectivity index (χ4v) is 2.29. The Kier molecular flexibility index (Phi) is 6.15. The highest BCUT2D eigenvalue weighted by Crippen LogP contribution is 2.29. The molecule has 0 radical (unpaired) electrons. The fraction of sp³-hybridized carbons (Fsp3) is 0.538. The van der Waals surface area contributed by atoms with Gasteiger partial charge in [-0.2, -0.15) is 0 Å². The maximum absolute atomic E-state index is 11.0. The summed E-state index contributed by atoms with van der Waals surface area (Å²) >= 11 is 0. The quantitative estimate of drug-likeness (QED) is 0.791. The van der Waals surface area contributed by atoms with Crippen molar-refractivity contribution in [3.63, 3.8) is 0 Å². The van der Waals surface area contributed by atoms with Crippen LogP contribution in [0.4, 0.5) is 0 Å². The average Bonchev–Trinajstić information content (AvgIpc) is 2.35. The molecule has 102 valence electrons. The Hall–Kier alpha value is -1.07. The zero-order valence-electron chi connectivity index (χ0n) is 11.1. The number of benzene rings is 1. The minimum absolute atomic E-state index is 0.179. The van der Waals surface area contributed by atoms with E-state index in [4.69, 9.17) is 4.74 Å². The molecule has 2 atom stereocenters. The number of nitrogens with one attached hydrogen (secondary N) is 1. The number of methoxy groups -OCH3 is 1. The normalized spacial score (nSPS) is 14.2. The fourth-order valence-electron chi connectivity index (χ4n) is 1.60. The van der Waals surface area contributed by atoms with Crippen LogP contribution < -0.4 is 10.1 Å². The van der Waals surface area contributed by atoms with Crippen molar-refractivity contribution in [3.05, 3.63) is 23.8 Å². The van der Waals surface area contributed by atoms with E-state index in [1.54, 1.807) is 12.3 Å². The Morgan fingerprint density at radius 3 is 2.83 bits per heavy atom. The summed E-state index contributed by atoms with van der Waals surface area (Å²) in [5.74, 6) is 1.36. The first-order valence-corrected chi connectivity index (χ1v) is 7.65. The van der Waals surface area contributed by atoms with Crippen molar-refractivity contribution in [3.8, 4) is 11.5 Å². The molecule has 0 saturated carbocycles. The number of rotatable bonds is 7. The van der Waals surface area contributed by atoms with Crippen LogP contribution in [0.2, 0.25) is 0 Å². The molecule has 18 heavy (non-hydrogen) atoms. The van der Waals surface area contributed by atoms with Crippen molar-refractivity contribution >= 4 is 10.8 Å². The van der Waals surface area contributed by atoms with E-state index in [-0.39, 0.29) is 11.8 Å². The van der Waals surface area contributed by atoms with Gasteiger partial charge in [-0.05, 0) is 19.4 Å². The first-order valence-electron chi connectivity index (χ1n) is 5.92. The summed E-state index contributed by atoms with van der Waals surface area (Å²) in [5.41, 5.74) is 0.804. The summed E-state index contributed by atoms with van der Waals surface area (Å²) in [4.78, 5) is 0. The van der Waals surface area contributed by atoms with Gasteiger partial charge in [0.15, 0.2) is 11.5 Å². The minimum atomic E-state index is -0.753. The van der Waals surface area contributed by atoms with Crippen molar-refractivity contribution in [2.45, 2.75) is 25.9 Å². The zero-order valence-corrected chi connectivity index (χ0v) is 11.9. The Labute approximate surface area is 111 Å². The van der Waals surface area contributed by atoms with E-state index in [1.807, 2.05) is 19.1 Å². The predicted octanol–water partition coefficient (Wildman–Crippen LogP) is 1.65. The summed E-state index contributed by atoms with van der Waals surface area (Å²) in [5, 5.41) is 13.2. The van der Waals surface area contributed by atoms with Gasteiger partial charge in [0.25, 0.3) is 0 Å². The van der Waals surface area contributed by atoms with E-state index in [0.29, 0.717) is 18.0 Å². The highest BCUT2D eigenvalue weighted by Gasteiger charge is 2.08. The lowest BCUT2D eigenvalue weighted by molar-refractivity contribution is 0.368. The zero-order chi connectivity index (χ0) is 13.5. The average molecular weight is 271 g/mol. The molecule has 0 aliphatic heterocycles. The molecule has 0 aromatic heterocycles. The standard InChI is InChI=1S/C13H21NO3S/c1-10(7-8-18(3)16)14-9-11-5-4-6-12(17-2)13(11)15/h4-6,10,14-15H,7-9H2,1-3H3. The largest absolute Gasteiger partial charge is 0.504 e. The summed E-state index contributed by atoms with van der Waals surface area (Å²) in [6, 6.07) is 5.69. The van der Waals surface area contributed by atoms with Gasteiger partial charge in [0, 0.05) is 41.0 Å². The van der Waals surface area contributed by atoms with Crippen molar-refractivity contribution in [1.29, 1.82) is 0 Å². The van der Waals surface area contributed by atoms with Gasteiger partial charge in [0.2, 0.25) is 0 Å². The SMILES string of the molecule is COc1cccc(CNC(C)CCS(C)=O)c1O. The second-order valence-corrected chi connectivity index (χ2v) is 5.87. The Morgan fingerprint density at radius 1 is 1.50 bits per heavy atom. The van der Waals surface area contributed by atoms with E-state index < -0.39 is 10.8 Å². The number of hydrogen-bond donors (Lipinski definition) is 2. The number of aromatic hydroxyl groups is 1. The highest BCUT2D eigenvalue weighted by molar-refractivity contribution is 7.84. The third kappa shape index (κ3) is 4.66. The van der Waals surface area contributed by atoms with Crippen LogP contribution in [0.25, 0.3) is 0 Å². The second-order valence-electron chi connectivity index (χ2n) is 4.32. The maximum Gasteiger partial charge on any atom is 0.162 e. The van der Waals surface area contributed by atoms with E-state index in [9.17, 15) is 9.32 Å². The first kappa shape index (κ1) is 15.0. The lowest BCUT2D eigenvalue weighted by Crippen LogP contribution is -2.27. The van der Waals surface area contributed by atoms with Gasteiger partial charge in [-0.3, -0.25) is 4.21 Å². The molecule has 0 spiro atoms. The van der Waals surface area contributed by atoms with Crippen LogP contribution >= 0.6 is 0 Å². The molecule has 0 saturated heterocycles. The third-order valence-electron chi connectivity index (χ3n) is 2.78. The molecule has 0 aliphatic rings. The van der Waals surface area contributed by atoms with Crippen LogP contribution in [0.15, 0.2) is 18.2 Å². The van der Waals surface area contributed by atoms with E-state index >= 15 is 0 Å². The van der Waals surface area contributed by atoms with Crippen LogP contribution in [-0.2, 0) is 17.3 Å². The molecule has 0 bridgehead atoms. The topological polar surface area (TPSA) is 58.6 Å². The number of para-hydroxylation sites is 1. The maximum atomic E-state index is 11.0. The summed E-state index contributed by atoms with van der Waals surface area (Å²) in [7, 11) is 0.780. The molecule has 5 heteroatoms. The molecule has 0 heterocycles. The Balaban J connectivity index is 2.50. The van der Waals surface area contributed by atoms with Crippen LogP contribution in [0.1, 0.15) is 18.9 Å². The molecule has 4 nitrogen and oxygen atoms in total. The predicted molar refractivity (Wildman–Crippen MR) is 74.5 cm³/mol. The van der Waals surface area contributed by atoms with Crippen molar-refractivity contribution in [2.75, 3.05) is 19.1 Å². The molecule has 2 unspecified atom stereocenters. The molecule has 2 N–H and O–H groups in total. The third-order valence-corrected chi connectivity index (χ3v) is 3.59. The van der Waals surface area contributed by atoms with Crippen molar-refractivity contribution in [1.82, 2.24) is 5.32 Å². The lowest BCUT2D eigenvalue weighted by Gasteiger charge is -2.14. The smallest absolute Gasteiger partial charge is 0.162 e. The monoisotopic (exact) mass is 271 g/mol. The van der Waals surface area contributed by atoms with Crippen LogP contribution in [0.5, 0.6) is 11.5 Å². The molecular formula is C13H21NO3S. The lowest BCUT2D eigenvalue weighted by atomic mass is 10.1. The van der Waals surface area contributed by atoms with Crippen LogP contribution in [0.3, 0.4) is 0 Å². The second kappa shape index (κ2) is 7.38. The molecule has 1 aromatic rings. The van der Waals surface area contributed by atoms with Gasteiger partial charge < -0.3 is 15.2 Å². The first-order chi connectivity index (χ1) is 8.54. The van der Waals surface area contributed by atoms with E-state index in [0.717, 1.165) is 12.0 Å². The Bertz CT molecular complexity index is 409. The summed E-state index contributed by atoms with van der Waals surface area (Å²) in [6.45, 7) is 2.62. The number of ether oxygens (including phenoxy) is 1. The van der Waals surface area contributed by atoms with Crippen molar-refractivity contribution < 1.29 is 14.1 Å². The number of hydrogen-bond acceptors (Lipinski definition) is 4. The molecule has 0 aliphatic carbocycles. The highest BCUT2D eigenvalue weighted by atomic mass is 32.2.